The summed E-state index contributed by atoms with van der Waals surface area (Å²) in [6.45, 7) is 3.52. The van der Waals surface area contributed by atoms with Crippen LogP contribution in [0.15, 0.2) is 48.5 Å². The number of nitrogens with one attached hydrogen (secondary N) is 2. The Kier molecular flexibility index (Phi) is 6.10. The van der Waals surface area contributed by atoms with Gasteiger partial charge in [0.1, 0.15) is 5.75 Å². The minimum absolute atomic E-state index is 0.205. The van der Waals surface area contributed by atoms with Crippen LogP contribution in [-0.4, -0.2) is 12.6 Å². The summed E-state index contributed by atoms with van der Waals surface area (Å²) in [7, 11) is 0. The van der Waals surface area contributed by atoms with Gasteiger partial charge >= 0.3 is 6.03 Å². The van der Waals surface area contributed by atoms with Crippen LogP contribution in [0.25, 0.3) is 0 Å². The molecule has 0 fully saturated rings. The molecular formula is C17H19ClN2O2. The number of rotatable bonds is 6. The smallest absolute Gasteiger partial charge is 0.315 e. The number of benzene rings is 2. The molecule has 0 bridgehead atoms. The zero-order valence-corrected chi connectivity index (χ0v) is 13.2. The van der Waals surface area contributed by atoms with Crippen LogP contribution in [0.5, 0.6) is 5.75 Å². The molecule has 0 heterocycles. The molecule has 0 unspecified atom stereocenters. The highest BCUT2D eigenvalue weighted by Crippen LogP contribution is 2.12. The number of amides is 2. The van der Waals surface area contributed by atoms with Crippen molar-refractivity contribution in [3.63, 3.8) is 0 Å². The van der Waals surface area contributed by atoms with Gasteiger partial charge in [0.2, 0.25) is 0 Å². The van der Waals surface area contributed by atoms with Crippen molar-refractivity contribution in [3.8, 4) is 5.75 Å². The quantitative estimate of drug-likeness (QED) is 0.852. The van der Waals surface area contributed by atoms with E-state index in [4.69, 9.17) is 16.3 Å². The number of ether oxygens (including phenoxy) is 1. The van der Waals surface area contributed by atoms with Crippen molar-refractivity contribution in [2.75, 3.05) is 6.61 Å². The number of hydrogen-bond acceptors (Lipinski definition) is 2. The maximum Gasteiger partial charge on any atom is 0.315 e. The molecule has 0 atom stereocenters. The van der Waals surface area contributed by atoms with Crippen molar-refractivity contribution in [2.24, 2.45) is 0 Å². The Hall–Kier alpha value is -2.20. The maximum atomic E-state index is 11.8. The minimum atomic E-state index is -0.205. The number of hydrogen-bond donors (Lipinski definition) is 2. The van der Waals surface area contributed by atoms with Crippen LogP contribution in [-0.2, 0) is 13.1 Å². The molecule has 0 aliphatic carbocycles. The van der Waals surface area contributed by atoms with Gasteiger partial charge < -0.3 is 15.4 Å². The molecular weight excluding hydrogens is 300 g/mol. The van der Waals surface area contributed by atoms with Gasteiger partial charge in [0, 0.05) is 18.1 Å². The van der Waals surface area contributed by atoms with Crippen molar-refractivity contribution in [2.45, 2.75) is 20.0 Å². The Balaban J connectivity index is 1.74. The molecule has 116 valence electrons. The summed E-state index contributed by atoms with van der Waals surface area (Å²) in [5.74, 6) is 0.832. The predicted octanol–water partition coefficient (Wildman–Crippen LogP) is 3.74. The van der Waals surface area contributed by atoms with E-state index in [9.17, 15) is 4.79 Å². The standard InChI is InChI=1S/C17H19ClN2O2/c1-2-22-16-9-5-14(6-10-16)12-20-17(21)19-11-13-3-7-15(18)8-4-13/h3-10H,2,11-12H2,1H3,(H2,19,20,21). The summed E-state index contributed by atoms with van der Waals surface area (Å²) >= 11 is 5.81. The lowest BCUT2D eigenvalue weighted by molar-refractivity contribution is 0.240. The van der Waals surface area contributed by atoms with E-state index in [0.29, 0.717) is 24.7 Å². The van der Waals surface area contributed by atoms with Crippen molar-refractivity contribution in [1.82, 2.24) is 10.6 Å². The summed E-state index contributed by atoms with van der Waals surface area (Å²) in [6, 6.07) is 14.8. The summed E-state index contributed by atoms with van der Waals surface area (Å²) < 4.78 is 5.37. The summed E-state index contributed by atoms with van der Waals surface area (Å²) in [5, 5.41) is 6.30. The van der Waals surface area contributed by atoms with Crippen LogP contribution in [0.2, 0.25) is 5.02 Å². The van der Waals surface area contributed by atoms with E-state index in [1.165, 1.54) is 0 Å². The largest absolute Gasteiger partial charge is 0.494 e. The zero-order chi connectivity index (χ0) is 15.8. The lowest BCUT2D eigenvalue weighted by atomic mass is 10.2. The molecule has 2 aromatic rings. The van der Waals surface area contributed by atoms with Gasteiger partial charge in [-0.15, -0.1) is 0 Å². The molecule has 0 saturated heterocycles. The fourth-order valence-corrected chi connectivity index (χ4v) is 2.03. The van der Waals surface area contributed by atoms with Gasteiger partial charge in [-0.1, -0.05) is 35.9 Å². The normalized spacial score (nSPS) is 10.1. The highest BCUT2D eigenvalue weighted by atomic mass is 35.5. The van der Waals surface area contributed by atoms with E-state index in [0.717, 1.165) is 16.9 Å². The van der Waals surface area contributed by atoms with Crippen molar-refractivity contribution in [3.05, 3.63) is 64.7 Å². The van der Waals surface area contributed by atoms with Crippen LogP contribution >= 0.6 is 11.6 Å². The van der Waals surface area contributed by atoms with Crippen LogP contribution in [0.1, 0.15) is 18.1 Å². The summed E-state index contributed by atoms with van der Waals surface area (Å²) in [4.78, 5) is 11.8. The predicted molar refractivity (Wildman–Crippen MR) is 88.1 cm³/mol. The van der Waals surface area contributed by atoms with E-state index < -0.39 is 0 Å². The number of carbonyl (C=O) groups excluding carboxylic acids is 1. The Morgan fingerprint density at radius 1 is 0.955 bits per heavy atom. The molecule has 0 aliphatic heterocycles. The molecule has 0 saturated carbocycles. The van der Waals surface area contributed by atoms with Crippen molar-refractivity contribution >= 4 is 17.6 Å². The van der Waals surface area contributed by atoms with E-state index in [1.54, 1.807) is 12.1 Å². The maximum absolute atomic E-state index is 11.8. The lowest BCUT2D eigenvalue weighted by Crippen LogP contribution is -2.34. The van der Waals surface area contributed by atoms with Gasteiger partial charge in [-0.2, -0.15) is 0 Å². The second-order valence-corrected chi connectivity index (χ2v) is 5.18. The molecule has 0 aromatic heterocycles. The first-order valence-corrected chi connectivity index (χ1v) is 7.53. The van der Waals surface area contributed by atoms with Gasteiger partial charge in [0.15, 0.2) is 0 Å². The highest BCUT2D eigenvalue weighted by molar-refractivity contribution is 6.30. The summed E-state index contributed by atoms with van der Waals surface area (Å²) in [5.41, 5.74) is 2.02. The first-order chi connectivity index (χ1) is 10.7. The monoisotopic (exact) mass is 318 g/mol. The first kappa shape index (κ1) is 16.2. The van der Waals surface area contributed by atoms with Crippen molar-refractivity contribution < 1.29 is 9.53 Å². The lowest BCUT2D eigenvalue weighted by Gasteiger charge is -2.09. The van der Waals surface area contributed by atoms with E-state index in [-0.39, 0.29) is 6.03 Å². The topological polar surface area (TPSA) is 50.4 Å². The highest BCUT2D eigenvalue weighted by Gasteiger charge is 2.01. The molecule has 0 aliphatic rings. The van der Waals surface area contributed by atoms with E-state index >= 15 is 0 Å². The zero-order valence-electron chi connectivity index (χ0n) is 12.4. The van der Waals surface area contributed by atoms with Crippen LogP contribution in [0, 0.1) is 0 Å². The van der Waals surface area contributed by atoms with Gasteiger partial charge in [-0.3, -0.25) is 0 Å². The summed E-state index contributed by atoms with van der Waals surface area (Å²) in [6.07, 6.45) is 0. The molecule has 0 radical (unpaired) electrons. The molecule has 2 N–H and O–H groups in total. The minimum Gasteiger partial charge on any atom is -0.494 e. The molecule has 4 nitrogen and oxygen atoms in total. The average molecular weight is 319 g/mol. The molecule has 2 amide bonds. The van der Waals surface area contributed by atoms with Crippen LogP contribution in [0.3, 0.4) is 0 Å². The Morgan fingerprint density at radius 3 is 1.95 bits per heavy atom. The Morgan fingerprint density at radius 2 is 1.45 bits per heavy atom. The fraction of sp³-hybridized carbons (Fsp3) is 0.235. The third-order valence-corrected chi connectivity index (χ3v) is 3.31. The third kappa shape index (κ3) is 5.30. The van der Waals surface area contributed by atoms with Crippen molar-refractivity contribution in [1.29, 1.82) is 0 Å². The third-order valence-electron chi connectivity index (χ3n) is 3.05. The average Bonchev–Trinajstić information content (AvgIpc) is 2.54. The van der Waals surface area contributed by atoms with E-state index in [1.807, 2.05) is 43.3 Å². The van der Waals surface area contributed by atoms with Crippen LogP contribution in [0.4, 0.5) is 4.79 Å². The van der Waals surface area contributed by atoms with Gasteiger partial charge in [-0.25, -0.2) is 4.79 Å². The number of carbonyl (C=O) groups is 1. The van der Waals surface area contributed by atoms with Gasteiger partial charge in [0.25, 0.3) is 0 Å². The second-order valence-electron chi connectivity index (χ2n) is 4.74. The van der Waals surface area contributed by atoms with Gasteiger partial charge in [-0.05, 0) is 42.3 Å². The first-order valence-electron chi connectivity index (χ1n) is 7.15. The Bertz CT molecular complexity index is 597. The van der Waals surface area contributed by atoms with Crippen LogP contribution < -0.4 is 15.4 Å². The number of halogens is 1. The van der Waals surface area contributed by atoms with E-state index in [2.05, 4.69) is 10.6 Å². The second kappa shape index (κ2) is 8.29. The van der Waals surface area contributed by atoms with Gasteiger partial charge in [0.05, 0.1) is 6.61 Å². The Labute approximate surface area is 135 Å². The molecule has 0 spiro atoms. The molecule has 5 heteroatoms. The fourth-order valence-electron chi connectivity index (χ4n) is 1.90. The molecule has 22 heavy (non-hydrogen) atoms. The number of urea groups is 1. The molecule has 2 rings (SSSR count). The molecule has 2 aromatic carbocycles. The SMILES string of the molecule is CCOc1ccc(CNC(=O)NCc2ccc(Cl)cc2)cc1.